The number of anilines is 1. The van der Waals surface area contributed by atoms with E-state index in [4.69, 9.17) is 11.6 Å². The summed E-state index contributed by atoms with van der Waals surface area (Å²) >= 11 is 6.10. The van der Waals surface area contributed by atoms with Crippen LogP contribution in [-0.2, 0) is 14.8 Å². The molecule has 1 aromatic carbocycles. The molecule has 1 aromatic rings. The van der Waals surface area contributed by atoms with E-state index in [2.05, 4.69) is 6.92 Å². The van der Waals surface area contributed by atoms with Gasteiger partial charge in [-0.1, -0.05) is 30.7 Å². The highest BCUT2D eigenvalue weighted by molar-refractivity contribution is 7.92. The van der Waals surface area contributed by atoms with Gasteiger partial charge in [0.15, 0.2) is 0 Å². The highest BCUT2D eigenvalue weighted by Gasteiger charge is 2.24. The van der Waals surface area contributed by atoms with Crippen molar-refractivity contribution in [1.82, 2.24) is 4.90 Å². The van der Waals surface area contributed by atoms with Crippen LogP contribution in [0.3, 0.4) is 0 Å². The number of carbonyl (C=O) groups excluding carboxylic acids is 1. The highest BCUT2D eigenvalue weighted by Crippen LogP contribution is 2.27. The number of para-hydroxylation sites is 1. The largest absolute Gasteiger partial charge is 0.343 e. The summed E-state index contributed by atoms with van der Waals surface area (Å²) in [5.41, 5.74) is 0.414. The lowest BCUT2D eigenvalue weighted by atomic mass is 9.99. The Morgan fingerprint density at radius 1 is 1.30 bits per heavy atom. The van der Waals surface area contributed by atoms with Gasteiger partial charge in [-0.15, -0.1) is 0 Å². The monoisotopic (exact) mass is 358 g/mol. The third-order valence-corrected chi connectivity index (χ3v) is 5.69. The van der Waals surface area contributed by atoms with Crippen molar-refractivity contribution in [2.75, 3.05) is 30.2 Å². The average Bonchev–Trinajstić information content (AvgIpc) is 2.48. The van der Waals surface area contributed by atoms with Crippen LogP contribution in [0.25, 0.3) is 0 Å². The quantitative estimate of drug-likeness (QED) is 0.813. The fourth-order valence-corrected chi connectivity index (χ4v) is 3.96. The minimum Gasteiger partial charge on any atom is -0.343 e. The molecule has 0 aliphatic carbocycles. The second-order valence-electron chi connectivity index (χ2n) is 6.10. The lowest BCUT2D eigenvalue weighted by Gasteiger charge is -2.31. The van der Waals surface area contributed by atoms with Gasteiger partial charge in [0, 0.05) is 26.1 Å². The summed E-state index contributed by atoms with van der Waals surface area (Å²) in [6, 6.07) is 6.76. The van der Waals surface area contributed by atoms with Crippen molar-refractivity contribution in [3.8, 4) is 0 Å². The van der Waals surface area contributed by atoms with Gasteiger partial charge in [0.2, 0.25) is 15.9 Å². The number of sulfonamides is 1. The third kappa shape index (κ3) is 4.85. The summed E-state index contributed by atoms with van der Waals surface area (Å²) in [7, 11) is -3.50. The highest BCUT2D eigenvalue weighted by atomic mass is 35.5. The van der Waals surface area contributed by atoms with Crippen molar-refractivity contribution in [1.29, 1.82) is 0 Å². The molecule has 1 fully saturated rings. The lowest BCUT2D eigenvalue weighted by Crippen LogP contribution is -2.40. The lowest BCUT2D eigenvalue weighted by molar-refractivity contribution is -0.132. The van der Waals surface area contributed by atoms with Crippen molar-refractivity contribution in [2.45, 2.75) is 26.2 Å². The molecule has 1 heterocycles. The van der Waals surface area contributed by atoms with Crippen LogP contribution in [0, 0.1) is 5.92 Å². The van der Waals surface area contributed by atoms with Crippen LogP contribution >= 0.6 is 11.6 Å². The van der Waals surface area contributed by atoms with E-state index in [9.17, 15) is 13.2 Å². The molecule has 0 N–H and O–H groups in total. The summed E-state index contributed by atoms with van der Waals surface area (Å²) in [4.78, 5) is 14.2. The Bertz CT molecular complexity index is 655. The predicted molar refractivity (Wildman–Crippen MR) is 93.2 cm³/mol. The van der Waals surface area contributed by atoms with Crippen molar-refractivity contribution < 1.29 is 13.2 Å². The molecule has 0 saturated carbocycles. The number of halogens is 1. The fraction of sp³-hybridized carbons (Fsp3) is 0.562. The van der Waals surface area contributed by atoms with Crippen LogP contribution in [0.1, 0.15) is 26.2 Å². The first-order valence-corrected chi connectivity index (χ1v) is 10.0. The molecule has 0 bridgehead atoms. The number of piperidine rings is 1. The molecule has 1 aliphatic rings. The van der Waals surface area contributed by atoms with E-state index in [1.807, 2.05) is 4.90 Å². The maximum atomic E-state index is 12.3. The molecule has 128 valence electrons. The first-order chi connectivity index (χ1) is 10.8. The Morgan fingerprint density at radius 3 is 2.48 bits per heavy atom. The van der Waals surface area contributed by atoms with Crippen LogP contribution in [0.2, 0.25) is 5.02 Å². The molecular formula is C16H23ClN2O3S. The molecule has 0 radical (unpaired) electrons. The summed E-state index contributed by atoms with van der Waals surface area (Å²) in [6.07, 6.45) is 3.30. The van der Waals surface area contributed by atoms with Crippen LogP contribution in [-0.4, -0.2) is 45.1 Å². The molecule has 7 heteroatoms. The summed E-state index contributed by atoms with van der Waals surface area (Å²) < 4.78 is 25.3. The van der Waals surface area contributed by atoms with Crippen molar-refractivity contribution in [2.24, 2.45) is 5.92 Å². The fourth-order valence-electron chi connectivity index (χ4n) is 2.73. The molecular weight excluding hydrogens is 336 g/mol. The van der Waals surface area contributed by atoms with Crippen molar-refractivity contribution in [3.05, 3.63) is 29.3 Å². The zero-order valence-corrected chi connectivity index (χ0v) is 15.1. The molecule has 1 amide bonds. The number of amides is 1. The zero-order chi connectivity index (χ0) is 17.0. The number of nitrogens with zero attached hydrogens (tertiary/aromatic N) is 2. The number of rotatable bonds is 5. The number of carbonyl (C=O) groups is 1. The topological polar surface area (TPSA) is 57.7 Å². The summed E-state index contributed by atoms with van der Waals surface area (Å²) in [5.74, 6) is 0.646. The molecule has 1 aliphatic heterocycles. The van der Waals surface area contributed by atoms with Gasteiger partial charge in [-0.3, -0.25) is 9.10 Å². The van der Waals surface area contributed by atoms with Crippen LogP contribution in [0.4, 0.5) is 5.69 Å². The van der Waals surface area contributed by atoms with Crippen molar-refractivity contribution >= 4 is 33.2 Å². The Kier molecular flexibility index (Phi) is 5.92. The number of hydrogen-bond donors (Lipinski definition) is 0. The van der Waals surface area contributed by atoms with Gasteiger partial charge < -0.3 is 4.90 Å². The molecule has 0 unspecified atom stereocenters. The first kappa shape index (κ1) is 18.1. The normalized spacial score (nSPS) is 16.4. The van der Waals surface area contributed by atoms with E-state index in [1.165, 1.54) is 4.31 Å². The van der Waals surface area contributed by atoms with E-state index >= 15 is 0 Å². The summed E-state index contributed by atoms with van der Waals surface area (Å²) in [6.45, 7) is 3.80. The molecule has 23 heavy (non-hydrogen) atoms. The van der Waals surface area contributed by atoms with E-state index in [-0.39, 0.29) is 18.9 Å². The van der Waals surface area contributed by atoms with E-state index in [1.54, 1.807) is 24.3 Å². The third-order valence-electron chi connectivity index (χ3n) is 4.19. The van der Waals surface area contributed by atoms with Gasteiger partial charge in [0.1, 0.15) is 0 Å². The minimum absolute atomic E-state index is 0.00222. The van der Waals surface area contributed by atoms with Crippen LogP contribution in [0.5, 0.6) is 0 Å². The maximum absolute atomic E-state index is 12.3. The number of hydrogen-bond acceptors (Lipinski definition) is 3. The van der Waals surface area contributed by atoms with Gasteiger partial charge in [0.25, 0.3) is 0 Å². The van der Waals surface area contributed by atoms with E-state index in [0.717, 1.165) is 32.2 Å². The number of likely N-dealkylation sites (tertiary alicyclic amines) is 1. The van der Waals surface area contributed by atoms with E-state index in [0.29, 0.717) is 16.6 Å². The zero-order valence-electron chi connectivity index (χ0n) is 13.5. The smallest absolute Gasteiger partial charge is 0.232 e. The maximum Gasteiger partial charge on any atom is 0.232 e. The Morgan fingerprint density at radius 2 is 1.91 bits per heavy atom. The van der Waals surface area contributed by atoms with Gasteiger partial charge in [-0.2, -0.15) is 0 Å². The SMILES string of the molecule is CC1CCN(C(=O)CCN(c2ccccc2Cl)S(C)(=O)=O)CC1. The van der Waals surface area contributed by atoms with Crippen molar-refractivity contribution in [3.63, 3.8) is 0 Å². The first-order valence-electron chi connectivity index (χ1n) is 7.79. The van der Waals surface area contributed by atoms with Crippen LogP contribution < -0.4 is 4.31 Å². The Hall–Kier alpha value is -1.27. The second-order valence-corrected chi connectivity index (χ2v) is 8.41. The molecule has 2 rings (SSSR count). The van der Waals surface area contributed by atoms with Gasteiger partial charge >= 0.3 is 0 Å². The van der Waals surface area contributed by atoms with Gasteiger partial charge in [0.05, 0.1) is 17.0 Å². The molecule has 5 nitrogen and oxygen atoms in total. The Labute approximate surface area is 143 Å². The van der Waals surface area contributed by atoms with E-state index < -0.39 is 10.0 Å². The Balaban J connectivity index is 2.05. The molecule has 0 aromatic heterocycles. The molecule has 0 spiro atoms. The van der Waals surface area contributed by atoms with Crippen LogP contribution in [0.15, 0.2) is 24.3 Å². The molecule has 1 saturated heterocycles. The number of benzene rings is 1. The predicted octanol–water partition coefficient (Wildman–Crippen LogP) is 2.75. The molecule has 0 atom stereocenters. The average molecular weight is 359 g/mol. The minimum atomic E-state index is -3.50. The van der Waals surface area contributed by atoms with Gasteiger partial charge in [-0.25, -0.2) is 8.42 Å². The summed E-state index contributed by atoms with van der Waals surface area (Å²) in [5, 5.41) is 0.358. The second kappa shape index (κ2) is 7.53. The van der Waals surface area contributed by atoms with Gasteiger partial charge in [-0.05, 0) is 30.9 Å². The standard InChI is InChI=1S/C16H23ClN2O3S/c1-13-7-10-18(11-8-13)16(20)9-12-19(23(2,21)22)15-6-4-3-5-14(15)17/h3-6,13H,7-12H2,1-2H3.